The molecule has 11 heteroatoms. The van der Waals surface area contributed by atoms with Crippen molar-refractivity contribution in [3.05, 3.63) is 65.1 Å². The van der Waals surface area contributed by atoms with E-state index in [2.05, 4.69) is 15.6 Å². The molecule has 0 unspecified atom stereocenters. The van der Waals surface area contributed by atoms with Crippen LogP contribution in [0, 0.1) is 0 Å². The van der Waals surface area contributed by atoms with Crippen molar-refractivity contribution in [1.82, 2.24) is 15.2 Å². The average Bonchev–Trinajstić information content (AvgIpc) is 3.49. The quantitative estimate of drug-likeness (QED) is 0.531. The number of nitrogens with zero attached hydrogens (tertiary/aromatic N) is 2. The lowest BCUT2D eigenvalue weighted by Gasteiger charge is -2.34. The molecule has 1 aliphatic heterocycles. The van der Waals surface area contributed by atoms with Gasteiger partial charge in [0.1, 0.15) is 17.5 Å². The van der Waals surface area contributed by atoms with Crippen LogP contribution in [0.1, 0.15) is 41.1 Å². The lowest BCUT2D eigenvalue weighted by Crippen LogP contribution is -2.51. The third-order valence-electron chi connectivity index (χ3n) is 5.25. The van der Waals surface area contributed by atoms with Gasteiger partial charge >= 0.3 is 6.18 Å². The molecule has 2 amide bonds. The van der Waals surface area contributed by atoms with Crippen LogP contribution in [-0.2, 0) is 17.5 Å². The van der Waals surface area contributed by atoms with E-state index in [4.69, 9.17) is 4.42 Å². The van der Waals surface area contributed by atoms with Gasteiger partial charge < -0.3 is 20.0 Å². The summed E-state index contributed by atoms with van der Waals surface area (Å²) in [6.07, 6.45) is -0.807. The molecule has 174 valence electrons. The first kappa shape index (κ1) is 22.8. The number of carbonyl (C=O) groups excluding carboxylic acids is 2. The van der Waals surface area contributed by atoms with Crippen molar-refractivity contribution in [2.75, 3.05) is 11.9 Å². The SMILES string of the molecule is O=C(NCc1ccco1)[C@H]1CCCCN1C(=O)c1csc(Nc2cccc(C(F)(F)F)c2)n1. The normalized spacial score (nSPS) is 16.5. The predicted molar refractivity (Wildman–Crippen MR) is 116 cm³/mol. The minimum atomic E-state index is -4.46. The van der Waals surface area contributed by atoms with Gasteiger partial charge in [-0.25, -0.2) is 4.98 Å². The maximum atomic E-state index is 13.1. The third kappa shape index (κ3) is 5.54. The molecule has 1 aliphatic rings. The maximum absolute atomic E-state index is 13.1. The summed E-state index contributed by atoms with van der Waals surface area (Å²) in [7, 11) is 0. The first-order chi connectivity index (χ1) is 15.8. The van der Waals surface area contributed by atoms with Gasteiger partial charge in [0, 0.05) is 17.6 Å². The first-order valence-electron chi connectivity index (χ1n) is 10.3. The number of rotatable bonds is 6. The van der Waals surface area contributed by atoms with Crippen molar-refractivity contribution in [2.24, 2.45) is 0 Å². The molecule has 7 nitrogen and oxygen atoms in total. The second-order valence-electron chi connectivity index (χ2n) is 7.55. The zero-order valence-electron chi connectivity index (χ0n) is 17.4. The average molecular weight is 478 g/mol. The topological polar surface area (TPSA) is 87.5 Å². The third-order valence-corrected chi connectivity index (χ3v) is 6.01. The number of alkyl halides is 3. The van der Waals surface area contributed by atoms with Gasteiger partial charge in [0.05, 0.1) is 18.4 Å². The van der Waals surface area contributed by atoms with Crippen LogP contribution in [0.4, 0.5) is 24.0 Å². The highest BCUT2D eigenvalue weighted by Gasteiger charge is 2.34. The predicted octanol–water partition coefficient (Wildman–Crippen LogP) is 4.81. The minimum Gasteiger partial charge on any atom is -0.467 e. The Kier molecular flexibility index (Phi) is 6.68. The molecule has 3 heterocycles. The lowest BCUT2D eigenvalue weighted by molar-refractivity contribution is -0.137. The van der Waals surface area contributed by atoms with E-state index in [9.17, 15) is 22.8 Å². The number of nitrogens with one attached hydrogen (secondary N) is 2. The van der Waals surface area contributed by atoms with E-state index in [0.717, 1.165) is 36.3 Å². The summed E-state index contributed by atoms with van der Waals surface area (Å²) in [5.74, 6) is -0.0416. The van der Waals surface area contributed by atoms with Crippen LogP contribution in [0.25, 0.3) is 0 Å². The van der Waals surface area contributed by atoms with Crippen LogP contribution < -0.4 is 10.6 Å². The first-order valence-corrected chi connectivity index (χ1v) is 11.2. The van der Waals surface area contributed by atoms with Crippen molar-refractivity contribution < 1.29 is 27.2 Å². The zero-order valence-corrected chi connectivity index (χ0v) is 18.2. The highest BCUT2D eigenvalue weighted by molar-refractivity contribution is 7.14. The number of piperidine rings is 1. The molecule has 4 rings (SSSR count). The molecule has 0 spiro atoms. The molecule has 1 saturated heterocycles. The van der Waals surface area contributed by atoms with Gasteiger partial charge in [0.2, 0.25) is 5.91 Å². The van der Waals surface area contributed by atoms with Crippen molar-refractivity contribution >= 4 is 34.0 Å². The fourth-order valence-corrected chi connectivity index (χ4v) is 4.33. The van der Waals surface area contributed by atoms with E-state index in [1.54, 1.807) is 12.1 Å². The molecule has 1 atom stereocenters. The van der Waals surface area contributed by atoms with Gasteiger partial charge in [0.15, 0.2) is 5.13 Å². The Morgan fingerprint density at radius 2 is 2.06 bits per heavy atom. The number of anilines is 2. The molecule has 1 fully saturated rings. The van der Waals surface area contributed by atoms with Crippen molar-refractivity contribution in [3.8, 4) is 0 Å². The largest absolute Gasteiger partial charge is 0.467 e. The molecule has 2 N–H and O–H groups in total. The fraction of sp³-hybridized carbons (Fsp3) is 0.318. The smallest absolute Gasteiger partial charge is 0.416 e. The number of amides is 2. The van der Waals surface area contributed by atoms with Crippen LogP contribution in [0.2, 0.25) is 0 Å². The molecular formula is C22H21F3N4O3S. The van der Waals surface area contributed by atoms with Crippen LogP contribution in [0.3, 0.4) is 0 Å². The number of thiazole rings is 1. The number of halogens is 3. The number of furan rings is 1. The van der Waals surface area contributed by atoms with E-state index in [1.165, 1.54) is 28.7 Å². The summed E-state index contributed by atoms with van der Waals surface area (Å²) in [6.45, 7) is 0.651. The Morgan fingerprint density at radius 3 is 2.82 bits per heavy atom. The summed E-state index contributed by atoms with van der Waals surface area (Å²) in [5, 5.41) is 7.43. The van der Waals surface area contributed by atoms with Gasteiger partial charge in [0.25, 0.3) is 5.91 Å². The van der Waals surface area contributed by atoms with Crippen LogP contribution in [0.15, 0.2) is 52.5 Å². The highest BCUT2D eigenvalue weighted by atomic mass is 32.1. The summed E-state index contributed by atoms with van der Waals surface area (Å²) < 4.78 is 44.0. The van der Waals surface area contributed by atoms with Gasteiger partial charge in [-0.15, -0.1) is 11.3 Å². The zero-order chi connectivity index (χ0) is 23.4. The maximum Gasteiger partial charge on any atom is 0.416 e. The second kappa shape index (κ2) is 9.65. The summed E-state index contributed by atoms with van der Waals surface area (Å²) in [5.41, 5.74) is -0.427. The number of hydrogen-bond acceptors (Lipinski definition) is 6. The summed E-state index contributed by atoms with van der Waals surface area (Å²) in [6, 6.07) is 7.60. The molecule has 0 radical (unpaired) electrons. The molecule has 33 heavy (non-hydrogen) atoms. The van der Waals surface area contributed by atoms with E-state index in [1.807, 2.05) is 0 Å². The Hall–Kier alpha value is -3.34. The molecule has 2 aromatic heterocycles. The minimum absolute atomic E-state index is 0.139. The van der Waals surface area contributed by atoms with Crippen LogP contribution in [0.5, 0.6) is 0 Å². The molecule has 0 bridgehead atoms. The van der Waals surface area contributed by atoms with Gasteiger partial charge in [-0.1, -0.05) is 6.07 Å². The molecule has 3 aromatic rings. The monoisotopic (exact) mass is 478 g/mol. The number of hydrogen-bond donors (Lipinski definition) is 2. The van der Waals surface area contributed by atoms with Crippen LogP contribution in [-0.4, -0.2) is 34.3 Å². The molecular weight excluding hydrogens is 457 g/mol. The fourth-order valence-electron chi connectivity index (χ4n) is 3.63. The number of carbonyl (C=O) groups is 2. The van der Waals surface area contributed by atoms with Gasteiger partial charge in [-0.2, -0.15) is 13.2 Å². The van der Waals surface area contributed by atoms with E-state index in [-0.39, 0.29) is 34.9 Å². The summed E-state index contributed by atoms with van der Waals surface area (Å²) in [4.78, 5) is 31.6. The molecule has 0 saturated carbocycles. The van der Waals surface area contributed by atoms with E-state index in [0.29, 0.717) is 18.7 Å². The van der Waals surface area contributed by atoms with Gasteiger partial charge in [-0.3, -0.25) is 9.59 Å². The van der Waals surface area contributed by atoms with Crippen molar-refractivity contribution in [2.45, 2.75) is 38.0 Å². The highest BCUT2D eigenvalue weighted by Crippen LogP contribution is 2.32. The second-order valence-corrected chi connectivity index (χ2v) is 8.41. The lowest BCUT2D eigenvalue weighted by atomic mass is 10.0. The Bertz CT molecular complexity index is 1110. The Labute approximate surface area is 191 Å². The van der Waals surface area contributed by atoms with E-state index >= 15 is 0 Å². The number of benzene rings is 1. The molecule has 0 aliphatic carbocycles. The number of likely N-dealkylation sites (tertiary alicyclic amines) is 1. The summed E-state index contributed by atoms with van der Waals surface area (Å²) >= 11 is 1.10. The number of aromatic nitrogens is 1. The Morgan fingerprint density at radius 1 is 1.21 bits per heavy atom. The van der Waals surface area contributed by atoms with Crippen molar-refractivity contribution in [3.63, 3.8) is 0 Å². The standard InChI is InChI=1S/C22H21F3N4O3S/c23-22(24,25)14-5-3-6-15(11-14)27-21-28-17(13-33-21)20(31)29-9-2-1-8-18(29)19(30)26-12-16-7-4-10-32-16/h3-7,10-11,13,18H,1-2,8-9,12H2,(H,26,30)(H,27,28)/t18-/m1/s1. The Balaban J connectivity index is 1.43. The van der Waals surface area contributed by atoms with Crippen LogP contribution >= 0.6 is 11.3 Å². The van der Waals surface area contributed by atoms with Gasteiger partial charge in [-0.05, 0) is 49.6 Å². The van der Waals surface area contributed by atoms with Crippen molar-refractivity contribution in [1.29, 1.82) is 0 Å². The van der Waals surface area contributed by atoms with E-state index < -0.39 is 17.8 Å². The molecule has 1 aromatic carbocycles.